The number of carbonyl (C=O) groups is 1. The van der Waals surface area contributed by atoms with Gasteiger partial charge < -0.3 is 10.3 Å². The zero-order valence-electron chi connectivity index (χ0n) is 18.3. The molecule has 4 heteroatoms. The summed E-state index contributed by atoms with van der Waals surface area (Å²) in [6, 6.07) is 18.5. The zero-order chi connectivity index (χ0) is 22.0. The number of nitrogens with zero attached hydrogens (tertiary/aromatic N) is 2. The normalized spacial score (nSPS) is 14.9. The molecular formula is C27H29N3O. The van der Waals surface area contributed by atoms with Gasteiger partial charge in [0.1, 0.15) is 0 Å². The molecule has 4 rings (SSSR count). The van der Waals surface area contributed by atoms with E-state index >= 15 is 0 Å². The first-order valence-corrected chi connectivity index (χ1v) is 11.2. The Morgan fingerprint density at radius 2 is 1.90 bits per heavy atom. The molecule has 1 amide bonds. The van der Waals surface area contributed by atoms with Crippen LogP contribution in [0.25, 0.3) is 11.1 Å². The molecule has 0 fully saturated rings. The average Bonchev–Trinajstić information content (AvgIpc) is 3.32. The van der Waals surface area contributed by atoms with Gasteiger partial charge in [-0.15, -0.1) is 0 Å². The molecule has 0 aliphatic heterocycles. The minimum absolute atomic E-state index is 0.220. The van der Waals surface area contributed by atoms with E-state index in [1.807, 2.05) is 31.2 Å². The van der Waals surface area contributed by atoms with Crippen LogP contribution in [0.5, 0.6) is 0 Å². The highest BCUT2D eigenvalue weighted by atomic mass is 16.1. The van der Waals surface area contributed by atoms with Crippen LogP contribution in [0, 0.1) is 18.3 Å². The third-order valence-electron chi connectivity index (χ3n) is 6.53. The molecule has 0 saturated heterocycles. The molecule has 0 spiro atoms. The highest BCUT2D eigenvalue weighted by Crippen LogP contribution is 2.42. The number of nitriles is 1. The summed E-state index contributed by atoms with van der Waals surface area (Å²) in [6.45, 7) is 4.23. The summed E-state index contributed by atoms with van der Waals surface area (Å²) in [5.74, 6) is -0.390. The van der Waals surface area contributed by atoms with E-state index in [0.717, 1.165) is 55.3 Å². The number of hydrogen-bond donors (Lipinski definition) is 1. The van der Waals surface area contributed by atoms with Gasteiger partial charge in [0.05, 0.1) is 23.2 Å². The second-order valence-electron chi connectivity index (χ2n) is 8.42. The summed E-state index contributed by atoms with van der Waals surface area (Å²) in [5, 5.41) is 9.20. The van der Waals surface area contributed by atoms with E-state index in [9.17, 15) is 10.1 Å². The minimum Gasteiger partial charge on any atom is -0.366 e. The van der Waals surface area contributed by atoms with Gasteiger partial charge >= 0.3 is 0 Å². The monoisotopic (exact) mass is 411 g/mol. The third-order valence-corrected chi connectivity index (χ3v) is 6.53. The number of aromatic nitrogens is 1. The molecule has 1 aromatic heterocycles. The number of unbranched alkanes of at least 4 members (excludes halogenated alkanes) is 2. The van der Waals surface area contributed by atoms with Gasteiger partial charge in [-0.25, -0.2) is 0 Å². The number of benzene rings is 2. The Kier molecular flexibility index (Phi) is 5.95. The van der Waals surface area contributed by atoms with E-state index in [0.29, 0.717) is 11.1 Å². The van der Waals surface area contributed by atoms with Crippen molar-refractivity contribution in [3.8, 4) is 17.2 Å². The predicted octanol–water partition coefficient (Wildman–Crippen LogP) is 5.70. The van der Waals surface area contributed by atoms with Gasteiger partial charge in [-0.1, -0.05) is 56.2 Å². The first-order chi connectivity index (χ1) is 15.1. The van der Waals surface area contributed by atoms with Crippen LogP contribution in [0.15, 0.2) is 48.5 Å². The van der Waals surface area contributed by atoms with E-state index < -0.39 is 5.91 Å². The lowest BCUT2D eigenvalue weighted by Gasteiger charge is -2.21. The molecule has 1 heterocycles. The van der Waals surface area contributed by atoms with Crippen LogP contribution in [0.2, 0.25) is 0 Å². The van der Waals surface area contributed by atoms with Crippen molar-refractivity contribution in [1.82, 2.24) is 4.57 Å². The maximum Gasteiger partial charge on any atom is 0.251 e. The van der Waals surface area contributed by atoms with E-state index in [4.69, 9.17) is 5.73 Å². The number of primary amides is 1. The summed E-state index contributed by atoms with van der Waals surface area (Å²) < 4.78 is 2.38. The molecule has 158 valence electrons. The van der Waals surface area contributed by atoms with Gasteiger partial charge in [-0.3, -0.25) is 4.79 Å². The fourth-order valence-electron chi connectivity index (χ4n) is 5.11. The molecule has 1 aliphatic rings. The number of amides is 1. The Balaban J connectivity index is 1.94. The second-order valence-corrected chi connectivity index (χ2v) is 8.42. The molecule has 1 atom stereocenters. The summed E-state index contributed by atoms with van der Waals surface area (Å²) in [7, 11) is 0. The predicted molar refractivity (Wildman–Crippen MR) is 124 cm³/mol. The fraction of sp³-hybridized carbons (Fsp3) is 0.333. The molecule has 3 aromatic rings. The zero-order valence-corrected chi connectivity index (χ0v) is 18.3. The van der Waals surface area contributed by atoms with Gasteiger partial charge in [0.2, 0.25) is 0 Å². The van der Waals surface area contributed by atoms with Crippen LogP contribution in [0.1, 0.15) is 77.1 Å². The minimum atomic E-state index is -0.390. The highest BCUT2D eigenvalue weighted by molar-refractivity contribution is 6.02. The quantitative estimate of drug-likeness (QED) is 0.506. The lowest BCUT2D eigenvalue weighted by Crippen LogP contribution is -2.15. The van der Waals surface area contributed by atoms with Crippen molar-refractivity contribution >= 4 is 5.91 Å². The molecule has 31 heavy (non-hydrogen) atoms. The van der Waals surface area contributed by atoms with Gasteiger partial charge in [0.15, 0.2) is 0 Å². The number of aryl methyl sites for hydroxylation is 1. The summed E-state index contributed by atoms with van der Waals surface area (Å²) in [4.78, 5) is 12.7. The van der Waals surface area contributed by atoms with E-state index in [-0.39, 0.29) is 6.04 Å². The third kappa shape index (κ3) is 3.77. The van der Waals surface area contributed by atoms with E-state index in [1.54, 1.807) is 0 Å². The van der Waals surface area contributed by atoms with Gasteiger partial charge in [0, 0.05) is 17.0 Å². The molecular weight excluding hydrogens is 382 g/mol. The Morgan fingerprint density at radius 1 is 1.16 bits per heavy atom. The molecule has 0 saturated carbocycles. The first kappa shape index (κ1) is 20.9. The molecule has 1 aliphatic carbocycles. The van der Waals surface area contributed by atoms with Gasteiger partial charge in [0.25, 0.3) is 5.91 Å². The van der Waals surface area contributed by atoms with Crippen LogP contribution in [-0.2, 0) is 12.8 Å². The first-order valence-electron chi connectivity index (χ1n) is 11.2. The van der Waals surface area contributed by atoms with Crippen LogP contribution in [-0.4, -0.2) is 10.5 Å². The number of fused-ring (bicyclic) bond motifs is 1. The number of rotatable bonds is 7. The lowest BCUT2D eigenvalue weighted by atomic mass is 9.96. The summed E-state index contributed by atoms with van der Waals surface area (Å²) in [6.07, 6.45) is 6.32. The van der Waals surface area contributed by atoms with Crippen LogP contribution in [0.4, 0.5) is 0 Å². The largest absolute Gasteiger partial charge is 0.366 e. The van der Waals surface area contributed by atoms with Crippen molar-refractivity contribution in [2.75, 3.05) is 0 Å². The van der Waals surface area contributed by atoms with E-state index in [1.165, 1.54) is 16.8 Å². The smallest absolute Gasteiger partial charge is 0.251 e. The molecule has 0 radical (unpaired) electrons. The second kappa shape index (κ2) is 8.81. The number of nitrogens with two attached hydrogens (primary N) is 1. The molecule has 4 nitrogen and oxygen atoms in total. The van der Waals surface area contributed by atoms with Crippen LogP contribution in [0.3, 0.4) is 0 Å². The fourth-order valence-corrected chi connectivity index (χ4v) is 5.11. The van der Waals surface area contributed by atoms with Crippen molar-refractivity contribution in [2.45, 2.75) is 58.4 Å². The summed E-state index contributed by atoms with van der Waals surface area (Å²) in [5.41, 5.74) is 13.9. The lowest BCUT2D eigenvalue weighted by molar-refractivity contribution is 0.1000. The van der Waals surface area contributed by atoms with Crippen molar-refractivity contribution < 1.29 is 4.79 Å². The Morgan fingerprint density at radius 3 is 2.58 bits per heavy atom. The van der Waals surface area contributed by atoms with E-state index in [2.05, 4.69) is 41.8 Å². The van der Waals surface area contributed by atoms with Crippen molar-refractivity contribution in [1.29, 1.82) is 5.26 Å². The average molecular weight is 412 g/mol. The van der Waals surface area contributed by atoms with Crippen molar-refractivity contribution in [2.24, 2.45) is 5.73 Å². The standard InChI is InChI=1S/C27H29N3O/c1-3-4-5-10-24-26(21-13-11-19(17-28)12-14-21)25(27(29)31)18(2)30(24)23-16-15-20-8-6-7-9-22(20)23/h6-9,11-14,23H,3-5,10,15-16H2,1-2H3,(H2,29,31). The van der Waals surface area contributed by atoms with Gasteiger partial charge in [-0.2, -0.15) is 5.26 Å². The number of carbonyl (C=O) groups excluding carboxylic acids is 1. The van der Waals surface area contributed by atoms with Crippen LogP contribution < -0.4 is 5.73 Å². The number of hydrogen-bond acceptors (Lipinski definition) is 2. The highest BCUT2D eigenvalue weighted by Gasteiger charge is 2.31. The maximum atomic E-state index is 12.7. The SMILES string of the molecule is CCCCCc1c(-c2ccc(C#N)cc2)c(C(N)=O)c(C)n1C1CCc2ccccc21. The Labute approximate surface area is 184 Å². The maximum absolute atomic E-state index is 12.7. The topological polar surface area (TPSA) is 71.8 Å². The van der Waals surface area contributed by atoms with Crippen molar-refractivity contribution in [3.05, 3.63) is 82.2 Å². The van der Waals surface area contributed by atoms with Crippen molar-refractivity contribution in [3.63, 3.8) is 0 Å². The van der Waals surface area contributed by atoms with Gasteiger partial charge in [-0.05, 0) is 61.4 Å². The Bertz CT molecular complexity index is 1150. The van der Waals surface area contributed by atoms with Crippen LogP contribution >= 0.6 is 0 Å². The molecule has 2 aromatic carbocycles. The summed E-state index contributed by atoms with van der Waals surface area (Å²) >= 11 is 0. The molecule has 2 N–H and O–H groups in total. The molecule has 1 unspecified atom stereocenters. The molecule has 0 bridgehead atoms. The Hall–Kier alpha value is -3.32.